The molecule has 7 heteroatoms. The van der Waals surface area contributed by atoms with Crippen LogP contribution in [0.3, 0.4) is 0 Å². The summed E-state index contributed by atoms with van der Waals surface area (Å²) in [5.41, 5.74) is 9.24. The summed E-state index contributed by atoms with van der Waals surface area (Å²) >= 11 is 0. The molecule has 0 aliphatic heterocycles. The zero-order chi connectivity index (χ0) is 17.2. The lowest BCUT2D eigenvalue weighted by Crippen LogP contribution is -2.01. The van der Waals surface area contributed by atoms with Crippen molar-refractivity contribution < 1.29 is 9.63 Å². The third kappa shape index (κ3) is 2.77. The first-order valence-electron chi connectivity index (χ1n) is 7.69. The second kappa shape index (κ2) is 6.21. The van der Waals surface area contributed by atoms with Crippen LogP contribution in [0.4, 0.5) is 5.82 Å². The summed E-state index contributed by atoms with van der Waals surface area (Å²) in [6.07, 6.45) is 1.61. The summed E-state index contributed by atoms with van der Waals surface area (Å²) in [4.78, 5) is 4.40. The normalized spacial score (nSPS) is 10.9. The fraction of sp³-hybridized carbons (Fsp3) is 0.0556. The Hall–Kier alpha value is -3.45. The summed E-state index contributed by atoms with van der Waals surface area (Å²) in [5.74, 6) is 1.18. The van der Waals surface area contributed by atoms with Crippen molar-refractivity contribution in [2.45, 2.75) is 6.61 Å². The monoisotopic (exact) mass is 333 g/mol. The molecule has 2 aromatic heterocycles. The molecule has 0 spiro atoms. The van der Waals surface area contributed by atoms with E-state index < -0.39 is 0 Å². The van der Waals surface area contributed by atoms with Crippen molar-refractivity contribution in [1.29, 1.82) is 0 Å². The highest BCUT2D eigenvalue weighted by atomic mass is 16.5. The number of rotatable bonds is 4. The lowest BCUT2D eigenvalue weighted by molar-refractivity contribution is 0.282. The molecule has 25 heavy (non-hydrogen) atoms. The number of benzene rings is 2. The van der Waals surface area contributed by atoms with E-state index in [-0.39, 0.29) is 6.61 Å². The van der Waals surface area contributed by atoms with E-state index in [4.69, 9.17) is 15.4 Å². The fourth-order valence-electron chi connectivity index (χ4n) is 2.51. The number of nitrogens with zero attached hydrogens (tertiary/aromatic N) is 4. The minimum absolute atomic E-state index is 0.00697. The molecule has 4 aromatic rings. The quantitative estimate of drug-likeness (QED) is 0.595. The number of nitrogens with two attached hydrogens (primary N) is 1. The van der Waals surface area contributed by atoms with E-state index in [2.05, 4.69) is 15.2 Å². The van der Waals surface area contributed by atoms with Crippen molar-refractivity contribution in [2.75, 3.05) is 5.73 Å². The van der Waals surface area contributed by atoms with Crippen LogP contribution in [0.25, 0.3) is 28.5 Å². The fourth-order valence-corrected chi connectivity index (χ4v) is 2.51. The molecule has 0 saturated heterocycles. The van der Waals surface area contributed by atoms with Crippen molar-refractivity contribution in [3.05, 3.63) is 66.4 Å². The Labute approximate surface area is 143 Å². The molecule has 0 unspecified atom stereocenters. The second-order valence-corrected chi connectivity index (χ2v) is 5.47. The zero-order valence-electron chi connectivity index (χ0n) is 13.2. The maximum atomic E-state index is 9.11. The number of aromatic nitrogens is 4. The van der Waals surface area contributed by atoms with Crippen LogP contribution in [-0.2, 0) is 6.61 Å². The maximum absolute atomic E-state index is 9.11. The van der Waals surface area contributed by atoms with E-state index in [0.717, 1.165) is 16.8 Å². The molecule has 0 bridgehead atoms. The predicted molar refractivity (Wildman–Crippen MR) is 92.6 cm³/mol. The van der Waals surface area contributed by atoms with Gasteiger partial charge in [0.25, 0.3) is 5.89 Å². The molecule has 2 heterocycles. The topological polar surface area (TPSA) is 103 Å². The van der Waals surface area contributed by atoms with Crippen LogP contribution < -0.4 is 5.73 Å². The van der Waals surface area contributed by atoms with Gasteiger partial charge in [-0.2, -0.15) is 10.1 Å². The van der Waals surface area contributed by atoms with Crippen LogP contribution in [0, 0.1) is 0 Å². The Balaban J connectivity index is 1.67. The van der Waals surface area contributed by atoms with Gasteiger partial charge in [-0.25, -0.2) is 4.68 Å². The first-order valence-corrected chi connectivity index (χ1v) is 7.69. The van der Waals surface area contributed by atoms with E-state index in [9.17, 15) is 0 Å². The van der Waals surface area contributed by atoms with Crippen LogP contribution in [0.2, 0.25) is 0 Å². The highest BCUT2D eigenvalue weighted by molar-refractivity contribution is 5.70. The molecule has 0 aliphatic carbocycles. The van der Waals surface area contributed by atoms with Gasteiger partial charge >= 0.3 is 0 Å². The molecule has 3 N–H and O–H groups in total. The molecular formula is C18H15N5O2. The van der Waals surface area contributed by atoms with E-state index in [0.29, 0.717) is 23.1 Å². The van der Waals surface area contributed by atoms with Crippen molar-refractivity contribution in [1.82, 2.24) is 19.9 Å². The molecule has 0 aliphatic rings. The second-order valence-electron chi connectivity index (χ2n) is 5.47. The minimum Gasteiger partial charge on any atom is -0.392 e. The van der Waals surface area contributed by atoms with Crippen LogP contribution in [0.1, 0.15) is 5.56 Å². The summed E-state index contributed by atoms with van der Waals surface area (Å²) in [7, 11) is 0. The molecule has 124 valence electrons. The molecule has 4 rings (SSSR count). The van der Waals surface area contributed by atoms with Crippen molar-refractivity contribution in [3.63, 3.8) is 0 Å². The lowest BCUT2D eigenvalue weighted by Gasteiger charge is -2.03. The van der Waals surface area contributed by atoms with Crippen LogP contribution >= 0.6 is 0 Å². The number of aliphatic hydroxyl groups excluding tert-OH is 1. The average Bonchev–Trinajstić information content (AvgIpc) is 3.29. The van der Waals surface area contributed by atoms with Crippen molar-refractivity contribution in [3.8, 4) is 28.5 Å². The third-order valence-electron chi connectivity index (χ3n) is 3.86. The standard InChI is InChI=1S/C18H15N5O2/c19-16-15(10-20-23(16)14-4-2-1-3-5-14)18-21-17(22-25-18)13-8-6-12(11-24)7-9-13/h1-10,24H,11,19H2. The number of nitrogen functional groups attached to an aromatic ring is 1. The smallest absolute Gasteiger partial charge is 0.263 e. The molecule has 0 fully saturated rings. The Morgan fingerprint density at radius 3 is 2.52 bits per heavy atom. The van der Waals surface area contributed by atoms with Crippen LogP contribution in [0.15, 0.2) is 65.3 Å². The first-order chi connectivity index (χ1) is 12.3. The number of anilines is 1. The first kappa shape index (κ1) is 15.1. The summed E-state index contributed by atoms with van der Waals surface area (Å²) in [6.45, 7) is -0.00697. The van der Waals surface area contributed by atoms with E-state index in [1.807, 2.05) is 54.6 Å². The Bertz CT molecular complexity index is 990. The Kier molecular flexibility index (Phi) is 3.75. The van der Waals surface area contributed by atoms with Crippen LogP contribution in [0.5, 0.6) is 0 Å². The van der Waals surface area contributed by atoms with Gasteiger partial charge in [0.05, 0.1) is 18.5 Å². The average molecular weight is 333 g/mol. The minimum atomic E-state index is -0.00697. The van der Waals surface area contributed by atoms with Crippen molar-refractivity contribution >= 4 is 5.82 Å². The van der Waals surface area contributed by atoms with E-state index in [1.165, 1.54) is 0 Å². The largest absolute Gasteiger partial charge is 0.392 e. The SMILES string of the molecule is Nc1c(-c2nc(-c3ccc(CO)cc3)no2)cnn1-c1ccccc1. The molecule has 2 aromatic carbocycles. The highest BCUT2D eigenvalue weighted by Crippen LogP contribution is 2.28. The van der Waals surface area contributed by atoms with Gasteiger partial charge in [-0.15, -0.1) is 0 Å². The van der Waals surface area contributed by atoms with E-state index >= 15 is 0 Å². The van der Waals surface area contributed by atoms with Gasteiger partial charge in [0.15, 0.2) is 0 Å². The molecule has 0 atom stereocenters. The molecule has 0 saturated carbocycles. The Morgan fingerprint density at radius 2 is 1.80 bits per heavy atom. The predicted octanol–water partition coefficient (Wildman–Crippen LogP) is 2.66. The molecule has 7 nitrogen and oxygen atoms in total. The number of hydrogen-bond acceptors (Lipinski definition) is 6. The third-order valence-corrected chi connectivity index (χ3v) is 3.86. The van der Waals surface area contributed by atoms with Crippen molar-refractivity contribution in [2.24, 2.45) is 0 Å². The maximum Gasteiger partial charge on any atom is 0.263 e. The molecular weight excluding hydrogens is 318 g/mol. The Morgan fingerprint density at radius 1 is 1.04 bits per heavy atom. The van der Waals surface area contributed by atoms with Gasteiger partial charge in [0.2, 0.25) is 5.82 Å². The van der Waals surface area contributed by atoms with Gasteiger partial charge in [0.1, 0.15) is 11.4 Å². The number of aliphatic hydroxyl groups is 1. The summed E-state index contributed by atoms with van der Waals surface area (Å²) < 4.78 is 6.97. The lowest BCUT2D eigenvalue weighted by atomic mass is 10.1. The number of para-hydroxylation sites is 1. The molecule has 0 amide bonds. The van der Waals surface area contributed by atoms with Gasteiger partial charge in [-0.05, 0) is 17.7 Å². The number of hydrogen-bond donors (Lipinski definition) is 2. The van der Waals surface area contributed by atoms with Gasteiger partial charge in [0, 0.05) is 5.56 Å². The molecule has 0 radical (unpaired) electrons. The van der Waals surface area contributed by atoms with Gasteiger partial charge < -0.3 is 15.4 Å². The summed E-state index contributed by atoms with van der Waals surface area (Å²) in [5, 5.41) is 17.4. The summed E-state index contributed by atoms with van der Waals surface area (Å²) in [6, 6.07) is 16.9. The highest BCUT2D eigenvalue weighted by Gasteiger charge is 2.17. The van der Waals surface area contributed by atoms with E-state index in [1.54, 1.807) is 10.9 Å². The zero-order valence-corrected chi connectivity index (χ0v) is 13.2. The van der Waals surface area contributed by atoms with Crippen LogP contribution in [-0.4, -0.2) is 25.0 Å². The van der Waals surface area contributed by atoms with Gasteiger partial charge in [-0.1, -0.05) is 47.6 Å². The van der Waals surface area contributed by atoms with Gasteiger partial charge in [-0.3, -0.25) is 0 Å².